The Balaban J connectivity index is 1.88. The number of aromatic nitrogens is 6. The van der Waals surface area contributed by atoms with E-state index >= 15 is 0 Å². The van der Waals surface area contributed by atoms with Gasteiger partial charge in [0.2, 0.25) is 0 Å². The Bertz CT molecular complexity index is 950. The van der Waals surface area contributed by atoms with Crippen molar-refractivity contribution in [2.45, 2.75) is 39.8 Å². The summed E-state index contributed by atoms with van der Waals surface area (Å²) in [5.74, 6) is 0.128. The Morgan fingerprint density at radius 1 is 1.33 bits per heavy atom. The number of carbonyl (C=O) groups is 1. The molecule has 0 fully saturated rings. The number of nitrogens with zero attached hydrogens (tertiary/aromatic N) is 5. The zero-order valence-electron chi connectivity index (χ0n) is 13.9. The topological polar surface area (TPSA) is 110 Å². The van der Waals surface area contributed by atoms with Crippen LogP contribution in [0.3, 0.4) is 0 Å². The lowest BCUT2D eigenvalue weighted by molar-refractivity contribution is 0.0935. The minimum absolute atomic E-state index is 0.0307. The molecule has 1 amide bonds. The van der Waals surface area contributed by atoms with Crippen molar-refractivity contribution < 1.29 is 4.79 Å². The van der Waals surface area contributed by atoms with E-state index in [9.17, 15) is 9.59 Å². The first-order valence-electron chi connectivity index (χ1n) is 7.66. The van der Waals surface area contributed by atoms with E-state index in [-0.39, 0.29) is 11.6 Å². The average molecular weight is 329 g/mol. The molecule has 0 bridgehead atoms. The summed E-state index contributed by atoms with van der Waals surface area (Å²) in [6, 6.07) is 1.50. The Labute approximate surface area is 137 Å². The molecule has 0 aromatic carbocycles. The van der Waals surface area contributed by atoms with E-state index in [1.807, 2.05) is 25.3 Å². The van der Waals surface area contributed by atoms with Crippen molar-refractivity contribution in [3.05, 3.63) is 46.0 Å². The number of nitrogens with one attached hydrogen (secondary N) is 2. The maximum atomic E-state index is 12.5. The Morgan fingerprint density at radius 3 is 2.79 bits per heavy atom. The fourth-order valence-electron chi connectivity index (χ4n) is 2.53. The first kappa shape index (κ1) is 15.9. The van der Waals surface area contributed by atoms with Crippen molar-refractivity contribution in [3.8, 4) is 0 Å². The number of aromatic amines is 1. The average Bonchev–Trinajstić information content (AvgIpc) is 3.13. The lowest BCUT2D eigenvalue weighted by Gasteiger charge is -2.16. The third kappa shape index (κ3) is 2.68. The van der Waals surface area contributed by atoms with Crippen LogP contribution < -0.4 is 10.9 Å². The standard InChI is InChI=1S/C15H19N7O2/c1-8(2)21-7-17-19-13(21)10(4)18-14(23)11-6-16-12-5-9(3)20-22(12)15(11)24/h5-8,10,20H,1-4H3,(H,18,23). The van der Waals surface area contributed by atoms with Crippen LogP contribution in [0.25, 0.3) is 5.65 Å². The number of hydrogen-bond acceptors (Lipinski definition) is 5. The van der Waals surface area contributed by atoms with Gasteiger partial charge >= 0.3 is 0 Å². The van der Waals surface area contributed by atoms with Crippen LogP contribution in [0.1, 0.15) is 54.7 Å². The number of aryl methyl sites for hydroxylation is 1. The summed E-state index contributed by atoms with van der Waals surface area (Å²) in [6.07, 6.45) is 2.91. The highest BCUT2D eigenvalue weighted by Crippen LogP contribution is 2.14. The van der Waals surface area contributed by atoms with Crippen LogP contribution in [0.4, 0.5) is 0 Å². The van der Waals surface area contributed by atoms with Crippen molar-refractivity contribution in [2.75, 3.05) is 0 Å². The minimum atomic E-state index is -0.500. The first-order chi connectivity index (χ1) is 11.4. The van der Waals surface area contributed by atoms with E-state index in [1.54, 1.807) is 19.3 Å². The van der Waals surface area contributed by atoms with Gasteiger partial charge in [0.25, 0.3) is 11.5 Å². The highest BCUT2D eigenvalue weighted by molar-refractivity contribution is 5.93. The maximum Gasteiger partial charge on any atom is 0.285 e. The fourth-order valence-corrected chi connectivity index (χ4v) is 2.53. The largest absolute Gasteiger partial charge is 0.342 e. The van der Waals surface area contributed by atoms with Gasteiger partial charge in [-0.2, -0.15) is 0 Å². The van der Waals surface area contributed by atoms with Crippen molar-refractivity contribution in [1.82, 2.24) is 34.7 Å². The number of hydrogen-bond donors (Lipinski definition) is 2. The molecule has 3 aromatic heterocycles. The molecule has 0 radical (unpaired) electrons. The van der Waals surface area contributed by atoms with E-state index in [0.717, 1.165) is 5.69 Å². The molecule has 3 aromatic rings. The van der Waals surface area contributed by atoms with Gasteiger partial charge in [-0.15, -0.1) is 10.2 Å². The Hall–Kier alpha value is -2.97. The van der Waals surface area contributed by atoms with Gasteiger partial charge in [0, 0.05) is 24.0 Å². The van der Waals surface area contributed by atoms with Crippen molar-refractivity contribution in [2.24, 2.45) is 0 Å². The van der Waals surface area contributed by atoms with Crippen LogP contribution in [0.15, 0.2) is 23.4 Å². The van der Waals surface area contributed by atoms with Crippen LogP contribution >= 0.6 is 0 Å². The van der Waals surface area contributed by atoms with Gasteiger partial charge in [0.1, 0.15) is 11.9 Å². The summed E-state index contributed by atoms with van der Waals surface area (Å²) >= 11 is 0. The summed E-state index contributed by atoms with van der Waals surface area (Å²) in [4.78, 5) is 29.0. The van der Waals surface area contributed by atoms with E-state index < -0.39 is 17.5 Å². The quantitative estimate of drug-likeness (QED) is 0.742. The normalized spacial score (nSPS) is 12.7. The monoisotopic (exact) mass is 329 g/mol. The zero-order chi connectivity index (χ0) is 17.4. The molecule has 0 saturated carbocycles. The third-order valence-electron chi connectivity index (χ3n) is 3.76. The maximum absolute atomic E-state index is 12.5. The second-order valence-electron chi connectivity index (χ2n) is 6.00. The SMILES string of the molecule is Cc1cc2ncc(C(=O)NC(C)c3nncn3C(C)C)c(=O)n2[nH]1. The van der Waals surface area contributed by atoms with E-state index in [1.165, 1.54) is 10.7 Å². The molecule has 2 N–H and O–H groups in total. The second kappa shape index (κ2) is 5.91. The molecule has 126 valence electrons. The van der Waals surface area contributed by atoms with Gasteiger partial charge in [-0.1, -0.05) is 0 Å². The van der Waals surface area contributed by atoms with Crippen LogP contribution in [-0.4, -0.2) is 35.3 Å². The molecule has 3 heterocycles. The molecule has 24 heavy (non-hydrogen) atoms. The number of H-pyrrole nitrogens is 1. The number of rotatable bonds is 4. The zero-order valence-corrected chi connectivity index (χ0v) is 13.9. The molecular formula is C15H19N7O2. The molecule has 9 heteroatoms. The Morgan fingerprint density at radius 2 is 2.08 bits per heavy atom. The summed E-state index contributed by atoms with van der Waals surface area (Å²) in [5.41, 5.74) is 0.789. The molecule has 1 atom stereocenters. The Kier molecular flexibility index (Phi) is 3.92. The molecule has 0 aliphatic carbocycles. The lowest BCUT2D eigenvalue weighted by Crippen LogP contribution is -2.34. The van der Waals surface area contributed by atoms with Gasteiger partial charge in [0.05, 0.1) is 6.04 Å². The molecule has 9 nitrogen and oxygen atoms in total. The van der Waals surface area contributed by atoms with Crippen LogP contribution in [-0.2, 0) is 0 Å². The highest BCUT2D eigenvalue weighted by atomic mass is 16.2. The van der Waals surface area contributed by atoms with Crippen LogP contribution in [0.2, 0.25) is 0 Å². The summed E-state index contributed by atoms with van der Waals surface area (Å²) < 4.78 is 3.12. The van der Waals surface area contributed by atoms with Crippen molar-refractivity contribution in [3.63, 3.8) is 0 Å². The minimum Gasteiger partial charge on any atom is -0.342 e. The highest BCUT2D eigenvalue weighted by Gasteiger charge is 2.20. The van der Waals surface area contributed by atoms with Crippen molar-refractivity contribution >= 4 is 11.6 Å². The van der Waals surface area contributed by atoms with Gasteiger partial charge in [-0.3, -0.25) is 14.7 Å². The van der Waals surface area contributed by atoms with Crippen LogP contribution in [0.5, 0.6) is 0 Å². The predicted molar refractivity (Wildman–Crippen MR) is 86.8 cm³/mol. The molecule has 0 aliphatic heterocycles. The van der Waals surface area contributed by atoms with Gasteiger partial charge in [0.15, 0.2) is 11.5 Å². The second-order valence-corrected chi connectivity index (χ2v) is 6.00. The molecule has 0 aliphatic rings. The van der Waals surface area contributed by atoms with Gasteiger partial charge in [-0.25, -0.2) is 9.50 Å². The van der Waals surface area contributed by atoms with E-state index in [2.05, 4.69) is 25.6 Å². The molecule has 0 saturated heterocycles. The lowest BCUT2D eigenvalue weighted by atomic mass is 10.2. The first-order valence-corrected chi connectivity index (χ1v) is 7.66. The van der Waals surface area contributed by atoms with E-state index in [4.69, 9.17) is 0 Å². The predicted octanol–water partition coefficient (Wildman–Crippen LogP) is 0.994. The molecule has 0 spiro atoms. The number of fused-ring (bicyclic) bond motifs is 1. The summed E-state index contributed by atoms with van der Waals surface area (Å²) in [6.45, 7) is 7.61. The molecule has 1 unspecified atom stereocenters. The summed E-state index contributed by atoms with van der Waals surface area (Å²) in [5, 5.41) is 13.6. The van der Waals surface area contributed by atoms with Gasteiger partial charge < -0.3 is 9.88 Å². The van der Waals surface area contributed by atoms with E-state index in [0.29, 0.717) is 11.5 Å². The van der Waals surface area contributed by atoms with Crippen LogP contribution in [0, 0.1) is 6.92 Å². The fraction of sp³-hybridized carbons (Fsp3) is 0.400. The third-order valence-corrected chi connectivity index (χ3v) is 3.76. The summed E-state index contributed by atoms with van der Waals surface area (Å²) in [7, 11) is 0. The number of amides is 1. The smallest absolute Gasteiger partial charge is 0.285 e. The molecule has 3 rings (SSSR count). The van der Waals surface area contributed by atoms with Crippen molar-refractivity contribution in [1.29, 1.82) is 0 Å². The van der Waals surface area contributed by atoms with Gasteiger partial charge in [-0.05, 0) is 27.7 Å². The number of carbonyl (C=O) groups excluding carboxylic acids is 1. The molecular weight excluding hydrogens is 310 g/mol.